The molecule has 0 radical (unpaired) electrons. The molecular formula is C17H17N3O. The van der Waals surface area contributed by atoms with Gasteiger partial charge in [0.2, 0.25) is 0 Å². The molecule has 4 nitrogen and oxygen atoms in total. The number of nitrogens with zero attached hydrogens (tertiary/aromatic N) is 2. The van der Waals surface area contributed by atoms with Crippen LogP contribution in [0.25, 0.3) is 22.0 Å². The molecule has 0 fully saturated rings. The zero-order valence-electron chi connectivity index (χ0n) is 12.3. The number of ether oxygens (including phenoxy) is 1. The predicted octanol–water partition coefficient (Wildman–Crippen LogP) is 3.50. The van der Waals surface area contributed by atoms with E-state index >= 15 is 0 Å². The molecule has 0 spiro atoms. The first-order valence-corrected chi connectivity index (χ1v) is 6.77. The molecule has 0 aliphatic carbocycles. The van der Waals surface area contributed by atoms with Gasteiger partial charge < -0.3 is 10.5 Å². The van der Waals surface area contributed by atoms with Crippen molar-refractivity contribution in [3.8, 4) is 17.0 Å². The molecule has 0 saturated carbocycles. The minimum Gasteiger partial charge on any atom is -0.497 e. The van der Waals surface area contributed by atoms with Crippen LogP contribution in [0, 0.1) is 13.8 Å². The number of hydrogen-bond acceptors (Lipinski definition) is 4. The third-order valence-corrected chi connectivity index (χ3v) is 3.72. The molecule has 3 rings (SSSR count). The van der Waals surface area contributed by atoms with Gasteiger partial charge in [-0.2, -0.15) is 5.10 Å². The highest BCUT2D eigenvalue weighted by atomic mass is 16.5. The number of fused-ring (bicyclic) bond motifs is 1. The van der Waals surface area contributed by atoms with Crippen LogP contribution in [0.3, 0.4) is 0 Å². The number of rotatable bonds is 2. The smallest absolute Gasteiger partial charge is 0.119 e. The number of methoxy groups -OCH3 is 1. The first kappa shape index (κ1) is 13.4. The highest BCUT2D eigenvalue weighted by Gasteiger charge is 2.11. The summed E-state index contributed by atoms with van der Waals surface area (Å²) >= 11 is 0. The second-order valence-corrected chi connectivity index (χ2v) is 5.12. The lowest BCUT2D eigenvalue weighted by Crippen LogP contribution is -1.96. The third kappa shape index (κ3) is 2.29. The maximum atomic E-state index is 6.02. The molecule has 3 aromatic rings. The van der Waals surface area contributed by atoms with Gasteiger partial charge in [-0.25, -0.2) is 0 Å². The van der Waals surface area contributed by atoms with Gasteiger partial charge in [-0.05, 0) is 43.7 Å². The molecule has 0 amide bonds. The molecule has 0 aliphatic heterocycles. The summed E-state index contributed by atoms with van der Waals surface area (Å²) in [5, 5.41) is 10.7. The molecule has 0 atom stereocenters. The molecule has 2 N–H and O–H groups in total. The maximum Gasteiger partial charge on any atom is 0.119 e. The lowest BCUT2D eigenvalue weighted by Gasteiger charge is -2.10. The van der Waals surface area contributed by atoms with Crippen LogP contribution in [0.1, 0.15) is 11.3 Å². The summed E-state index contributed by atoms with van der Waals surface area (Å²) in [7, 11) is 1.66. The van der Waals surface area contributed by atoms with Crippen molar-refractivity contribution < 1.29 is 4.74 Å². The highest BCUT2D eigenvalue weighted by Crippen LogP contribution is 2.31. The van der Waals surface area contributed by atoms with E-state index in [4.69, 9.17) is 10.5 Å². The molecule has 2 aromatic carbocycles. The Morgan fingerprint density at radius 3 is 2.48 bits per heavy atom. The Morgan fingerprint density at radius 2 is 1.76 bits per heavy atom. The first-order valence-electron chi connectivity index (χ1n) is 6.77. The topological polar surface area (TPSA) is 61.0 Å². The van der Waals surface area contributed by atoms with Gasteiger partial charge in [0.05, 0.1) is 12.8 Å². The van der Waals surface area contributed by atoms with Crippen LogP contribution in [0.2, 0.25) is 0 Å². The van der Waals surface area contributed by atoms with Crippen molar-refractivity contribution in [3.63, 3.8) is 0 Å². The first-order chi connectivity index (χ1) is 10.1. The predicted molar refractivity (Wildman–Crippen MR) is 85.4 cm³/mol. The fraction of sp³-hybridized carbons (Fsp3) is 0.176. The fourth-order valence-electron chi connectivity index (χ4n) is 2.40. The van der Waals surface area contributed by atoms with E-state index in [1.807, 2.05) is 50.2 Å². The zero-order valence-corrected chi connectivity index (χ0v) is 12.3. The Labute approximate surface area is 123 Å². The molecule has 21 heavy (non-hydrogen) atoms. The van der Waals surface area contributed by atoms with Gasteiger partial charge >= 0.3 is 0 Å². The van der Waals surface area contributed by atoms with E-state index in [2.05, 4.69) is 10.2 Å². The highest BCUT2D eigenvalue weighted by molar-refractivity contribution is 5.96. The van der Waals surface area contributed by atoms with E-state index in [1.54, 1.807) is 7.11 Å². The van der Waals surface area contributed by atoms with Crippen molar-refractivity contribution in [1.82, 2.24) is 10.2 Å². The Morgan fingerprint density at radius 1 is 0.952 bits per heavy atom. The lowest BCUT2D eigenvalue weighted by molar-refractivity contribution is 0.415. The average Bonchev–Trinajstić information content (AvgIpc) is 2.50. The summed E-state index contributed by atoms with van der Waals surface area (Å²) in [5.74, 6) is 0.802. The van der Waals surface area contributed by atoms with E-state index < -0.39 is 0 Å². The molecule has 0 bridgehead atoms. The van der Waals surface area contributed by atoms with E-state index in [0.717, 1.165) is 44.7 Å². The van der Waals surface area contributed by atoms with Crippen molar-refractivity contribution in [2.75, 3.05) is 12.8 Å². The zero-order chi connectivity index (χ0) is 15.0. The van der Waals surface area contributed by atoms with Gasteiger partial charge in [0.1, 0.15) is 11.4 Å². The van der Waals surface area contributed by atoms with Gasteiger partial charge in [0.15, 0.2) is 0 Å². The summed E-state index contributed by atoms with van der Waals surface area (Å²) in [6, 6.07) is 11.9. The van der Waals surface area contributed by atoms with Crippen molar-refractivity contribution in [2.24, 2.45) is 0 Å². The number of aryl methyl sites for hydroxylation is 2. The van der Waals surface area contributed by atoms with E-state index in [-0.39, 0.29) is 0 Å². The number of anilines is 1. The Hall–Kier alpha value is -2.62. The molecule has 0 aliphatic rings. The summed E-state index contributed by atoms with van der Waals surface area (Å²) in [4.78, 5) is 0. The molecule has 0 saturated heterocycles. The van der Waals surface area contributed by atoms with Gasteiger partial charge in [0, 0.05) is 22.0 Å². The summed E-state index contributed by atoms with van der Waals surface area (Å²) in [5.41, 5.74) is 10.5. The van der Waals surface area contributed by atoms with Gasteiger partial charge in [-0.15, -0.1) is 5.10 Å². The largest absolute Gasteiger partial charge is 0.497 e. The van der Waals surface area contributed by atoms with Crippen LogP contribution in [-0.4, -0.2) is 17.3 Å². The quantitative estimate of drug-likeness (QED) is 0.729. The van der Waals surface area contributed by atoms with Gasteiger partial charge in [0.25, 0.3) is 0 Å². The average molecular weight is 279 g/mol. The molecular weight excluding hydrogens is 262 g/mol. The molecule has 106 valence electrons. The van der Waals surface area contributed by atoms with Crippen molar-refractivity contribution >= 4 is 16.5 Å². The Bertz CT molecular complexity index is 828. The maximum absolute atomic E-state index is 6.02. The second-order valence-electron chi connectivity index (χ2n) is 5.12. The standard InChI is InChI=1S/C17H17N3O/c1-10-4-5-12(8-16(10)18)17-15-9-13(21-3)6-7-14(15)11(2)19-20-17/h4-9H,18H2,1-3H3. The Balaban J connectivity index is 2.30. The second kappa shape index (κ2) is 5.05. The van der Waals surface area contributed by atoms with Crippen molar-refractivity contribution in [2.45, 2.75) is 13.8 Å². The number of hydrogen-bond donors (Lipinski definition) is 1. The summed E-state index contributed by atoms with van der Waals surface area (Å²) in [6.07, 6.45) is 0. The van der Waals surface area contributed by atoms with Crippen LogP contribution in [-0.2, 0) is 0 Å². The number of nitrogens with two attached hydrogens (primary N) is 1. The molecule has 1 heterocycles. The SMILES string of the molecule is COc1ccc2c(C)nnc(-c3ccc(C)c(N)c3)c2c1. The van der Waals surface area contributed by atoms with Crippen LogP contribution in [0.5, 0.6) is 5.75 Å². The summed E-state index contributed by atoms with van der Waals surface area (Å²) < 4.78 is 5.32. The Kier molecular flexibility index (Phi) is 3.22. The fourth-order valence-corrected chi connectivity index (χ4v) is 2.40. The molecule has 1 aromatic heterocycles. The molecule has 0 unspecified atom stereocenters. The van der Waals surface area contributed by atoms with Crippen molar-refractivity contribution in [3.05, 3.63) is 47.7 Å². The van der Waals surface area contributed by atoms with Crippen LogP contribution in [0.15, 0.2) is 36.4 Å². The molecule has 4 heteroatoms. The van der Waals surface area contributed by atoms with E-state index in [9.17, 15) is 0 Å². The van der Waals surface area contributed by atoms with E-state index in [0.29, 0.717) is 0 Å². The van der Waals surface area contributed by atoms with Gasteiger partial charge in [-0.3, -0.25) is 0 Å². The summed E-state index contributed by atoms with van der Waals surface area (Å²) in [6.45, 7) is 3.94. The normalized spacial score (nSPS) is 10.8. The third-order valence-electron chi connectivity index (χ3n) is 3.72. The van der Waals surface area contributed by atoms with Crippen LogP contribution in [0.4, 0.5) is 5.69 Å². The van der Waals surface area contributed by atoms with E-state index in [1.165, 1.54) is 0 Å². The van der Waals surface area contributed by atoms with Crippen LogP contribution >= 0.6 is 0 Å². The van der Waals surface area contributed by atoms with Gasteiger partial charge in [-0.1, -0.05) is 12.1 Å². The lowest BCUT2D eigenvalue weighted by atomic mass is 10.0. The number of aromatic nitrogens is 2. The minimum absolute atomic E-state index is 0.755. The number of benzene rings is 2. The van der Waals surface area contributed by atoms with Crippen LogP contribution < -0.4 is 10.5 Å². The monoisotopic (exact) mass is 279 g/mol. The van der Waals surface area contributed by atoms with Crippen molar-refractivity contribution in [1.29, 1.82) is 0 Å². The number of nitrogen functional groups attached to an aromatic ring is 1. The minimum atomic E-state index is 0.755.